The van der Waals surface area contributed by atoms with Gasteiger partial charge in [0.15, 0.2) is 0 Å². The number of nitrogens with one attached hydrogen (secondary N) is 4. The van der Waals surface area contributed by atoms with Crippen LogP contribution in [0.3, 0.4) is 0 Å². The van der Waals surface area contributed by atoms with Gasteiger partial charge in [-0.2, -0.15) is 5.10 Å². The molecule has 1 unspecified atom stereocenters. The fourth-order valence-electron chi connectivity index (χ4n) is 4.38. The van der Waals surface area contributed by atoms with E-state index in [0.717, 1.165) is 59.9 Å². The molecule has 4 aromatic rings. The van der Waals surface area contributed by atoms with Crippen LogP contribution in [0.1, 0.15) is 57.8 Å². The second-order valence-corrected chi connectivity index (χ2v) is 9.72. The number of pyridine rings is 1. The molecule has 1 fully saturated rings. The molecule has 1 aliphatic heterocycles. The van der Waals surface area contributed by atoms with Crippen LogP contribution in [-0.2, 0) is 0 Å². The Morgan fingerprint density at radius 1 is 1.09 bits per heavy atom. The quantitative estimate of drug-likeness (QED) is 0.314. The first-order chi connectivity index (χ1) is 17.1. The molecule has 1 aliphatic rings. The number of aromatic amines is 1. The van der Waals surface area contributed by atoms with Gasteiger partial charge in [-0.15, -0.1) is 11.3 Å². The van der Waals surface area contributed by atoms with Crippen LogP contribution in [0.15, 0.2) is 54.3 Å². The highest BCUT2D eigenvalue weighted by Crippen LogP contribution is 2.28. The van der Waals surface area contributed by atoms with Crippen molar-refractivity contribution in [3.63, 3.8) is 0 Å². The molecule has 1 atom stereocenters. The molecule has 35 heavy (non-hydrogen) atoms. The molecule has 0 bridgehead atoms. The molecule has 1 aromatic carbocycles. The molecular formula is C26H28N6O2S. The number of nitrogens with zero attached hydrogens (tertiary/aromatic N) is 2. The van der Waals surface area contributed by atoms with E-state index in [-0.39, 0.29) is 23.9 Å². The van der Waals surface area contributed by atoms with E-state index in [1.54, 1.807) is 24.7 Å². The van der Waals surface area contributed by atoms with Crippen molar-refractivity contribution in [1.82, 2.24) is 31.1 Å². The van der Waals surface area contributed by atoms with Crippen LogP contribution in [0.2, 0.25) is 0 Å². The predicted octanol–water partition coefficient (Wildman–Crippen LogP) is 4.05. The van der Waals surface area contributed by atoms with Crippen LogP contribution in [0.5, 0.6) is 0 Å². The summed E-state index contributed by atoms with van der Waals surface area (Å²) in [5.74, 6) is -0.164. The highest BCUT2D eigenvalue weighted by molar-refractivity contribution is 7.12. The highest BCUT2D eigenvalue weighted by Gasteiger charge is 2.19. The van der Waals surface area contributed by atoms with Gasteiger partial charge >= 0.3 is 0 Å². The SMILES string of the molecule is CCC(NC(=O)c1ccc2[nH]ncc2c1)c1cncc(-c2csc(C(=O)NC3CCNCC3)c2)c1. The zero-order valence-corrected chi connectivity index (χ0v) is 20.3. The number of hydrogen-bond acceptors (Lipinski definition) is 6. The molecule has 3 aromatic heterocycles. The molecule has 5 rings (SSSR count). The molecule has 0 radical (unpaired) electrons. The zero-order valence-electron chi connectivity index (χ0n) is 19.5. The van der Waals surface area contributed by atoms with E-state index in [0.29, 0.717) is 10.4 Å². The summed E-state index contributed by atoms with van der Waals surface area (Å²) in [5.41, 5.74) is 4.28. The summed E-state index contributed by atoms with van der Waals surface area (Å²) in [6.07, 6.45) is 7.92. The molecule has 180 valence electrons. The maximum atomic E-state index is 12.9. The predicted molar refractivity (Wildman–Crippen MR) is 137 cm³/mol. The molecule has 1 saturated heterocycles. The topological polar surface area (TPSA) is 112 Å². The highest BCUT2D eigenvalue weighted by atomic mass is 32.1. The lowest BCUT2D eigenvalue weighted by Gasteiger charge is -2.23. The van der Waals surface area contributed by atoms with Crippen molar-refractivity contribution >= 4 is 34.1 Å². The van der Waals surface area contributed by atoms with E-state index in [1.807, 2.05) is 36.6 Å². The maximum Gasteiger partial charge on any atom is 0.261 e. The Hall–Kier alpha value is -3.56. The van der Waals surface area contributed by atoms with E-state index in [2.05, 4.69) is 31.1 Å². The average molecular weight is 489 g/mol. The summed E-state index contributed by atoms with van der Waals surface area (Å²) in [6, 6.07) is 9.48. The summed E-state index contributed by atoms with van der Waals surface area (Å²) in [5, 5.41) is 19.4. The van der Waals surface area contributed by atoms with Gasteiger partial charge in [-0.3, -0.25) is 19.7 Å². The van der Waals surface area contributed by atoms with E-state index in [1.165, 1.54) is 11.3 Å². The van der Waals surface area contributed by atoms with Crippen LogP contribution in [0, 0.1) is 0 Å². The summed E-state index contributed by atoms with van der Waals surface area (Å²) in [6.45, 7) is 3.91. The Balaban J connectivity index is 1.29. The zero-order chi connectivity index (χ0) is 24.2. The fraction of sp³-hybridized carbons (Fsp3) is 0.308. The number of amides is 2. The van der Waals surface area contributed by atoms with Crippen LogP contribution in [-0.4, -0.2) is 46.1 Å². The van der Waals surface area contributed by atoms with E-state index in [4.69, 9.17) is 0 Å². The Kier molecular flexibility index (Phi) is 6.87. The number of aromatic nitrogens is 3. The first-order valence-electron chi connectivity index (χ1n) is 11.9. The van der Waals surface area contributed by atoms with Gasteiger partial charge in [-0.1, -0.05) is 6.92 Å². The summed E-state index contributed by atoms with van der Waals surface area (Å²) in [7, 11) is 0. The van der Waals surface area contributed by atoms with Gasteiger partial charge in [-0.25, -0.2) is 0 Å². The van der Waals surface area contributed by atoms with Crippen LogP contribution in [0.25, 0.3) is 22.0 Å². The average Bonchev–Trinajstić information content (AvgIpc) is 3.57. The van der Waals surface area contributed by atoms with Crippen molar-refractivity contribution in [3.05, 3.63) is 70.3 Å². The second kappa shape index (κ2) is 10.4. The van der Waals surface area contributed by atoms with Crippen LogP contribution < -0.4 is 16.0 Å². The minimum atomic E-state index is -0.184. The number of thiophene rings is 1. The Morgan fingerprint density at radius 3 is 2.77 bits per heavy atom. The molecule has 4 heterocycles. The summed E-state index contributed by atoms with van der Waals surface area (Å²) < 4.78 is 0. The first kappa shape index (κ1) is 23.2. The molecule has 0 aliphatic carbocycles. The largest absolute Gasteiger partial charge is 0.349 e. The number of piperidine rings is 1. The molecule has 8 nitrogen and oxygen atoms in total. The van der Waals surface area contributed by atoms with E-state index in [9.17, 15) is 9.59 Å². The lowest BCUT2D eigenvalue weighted by molar-refractivity contribution is 0.0926. The van der Waals surface area contributed by atoms with Crippen molar-refractivity contribution in [2.75, 3.05) is 13.1 Å². The van der Waals surface area contributed by atoms with Crippen molar-refractivity contribution in [2.45, 2.75) is 38.3 Å². The molecule has 4 N–H and O–H groups in total. The lowest BCUT2D eigenvalue weighted by Crippen LogP contribution is -2.42. The third-order valence-electron chi connectivity index (χ3n) is 6.41. The monoisotopic (exact) mass is 488 g/mol. The van der Waals surface area contributed by atoms with Gasteiger partial charge in [0.25, 0.3) is 11.8 Å². The smallest absolute Gasteiger partial charge is 0.261 e. The van der Waals surface area contributed by atoms with Gasteiger partial charge in [0, 0.05) is 34.9 Å². The van der Waals surface area contributed by atoms with Crippen molar-refractivity contribution in [2.24, 2.45) is 0 Å². The van der Waals surface area contributed by atoms with Gasteiger partial charge in [-0.05, 0) is 79.2 Å². The molecule has 0 spiro atoms. The third-order valence-corrected chi connectivity index (χ3v) is 7.34. The molecule has 2 amide bonds. The van der Waals surface area contributed by atoms with Crippen LogP contribution in [0.4, 0.5) is 0 Å². The van der Waals surface area contributed by atoms with Crippen molar-refractivity contribution in [1.29, 1.82) is 0 Å². The summed E-state index contributed by atoms with van der Waals surface area (Å²) >= 11 is 1.44. The molecule has 9 heteroatoms. The van der Waals surface area contributed by atoms with Crippen LogP contribution >= 0.6 is 11.3 Å². The fourth-order valence-corrected chi connectivity index (χ4v) is 5.20. The molecular weight excluding hydrogens is 460 g/mol. The van der Waals surface area contributed by atoms with Gasteiger partial charge in [0.05, 0.1) is 22.6 Å². The number of carbonyl (C=O) groups excluding carboxylic acids is 2. The van der Waals surface area contributed by atoms with Gasteiger partial charge in [0.2, 0.25) is 0 Å². The Morgan fingerprint density at radius 2 is 1.94 bits per heavy atom. The standard InChI is InChI=1S/C26H28N6O2S/c1-2-22(31-25(33)16-3-4-23-19(9-16)14-29-32-23)18-10-17(12-28-13-18)20-11-24(35-15-20)26(34)30-21-5-7-27-8-6-21/h3-4,9-15,21-22,27H,2,5-8H2,1H3,(H,29,32)(H,30,34)(H,31,33). The van der Waals surface area contributed by atoms with Crippen molar-refractivity contribution in [3.8, 4) is 11.1 Å². The minimum absolute atomic E-state index is 0.0226. The first-order valence-corrected chi connectivity index (χ1v) is 12.8. The normalized spacial score (nSPS) is 15.1. The maximum absolute atomic E-state index is 12.9. The minimum Gasteiger partial charge on any atom is -0.349 e. The third kappa shape index (κ3) is 5.26. The molecule has 0 saturated carbocycles. The number of fused-ring (bicyclic) bond motifs is 1. The van der Waals surface area contributed by atoms with E-state index < -0.39 is 0 Å². The lowest BCUT2D eigenvalue weighted by atomic mass is 10.0. The number of hydrogen-bond donors (Lipinski definition) is 4. The van der Waals surface area contributed by atoms with Crippen molar-refractivity contribution < 1.29 is 9.59 Å². The number of rotatable bonds is 7. The number of benzene rings is 1. The van der Waals surface area contributed by atoms with Gasteiger partial charge < -0.3 is 16.0 Å². The Labute approximate surface area is 207 Å². The Bertz CT molecular complexity index is 1340. The van der Waals surface area contributed by atoms with E-state index >= 15 is 0 Å². The number of carbonyl (C=O) groups is 2. The second-order valence-electron chi connectivity index (χ2n) is 8.81. The number of H-pyrrole nitrogens is 1. The summed E-state index contributed by atoms with van der Waals surface area (Å²) in [4.78, 5) is 30.8. The van der Waals surface area contributed by atoms with Gasteiger partial charge in [0.1, 0.15) is 0 Å².